The average molecular weight is 441 g/mol. The molecule has 0 bridgehead atoms. The van der Waals surface area contributed by atoms with Crippen LogP contribution in [0.25, 0.3) is 0 Å². The van der Waals surface area contributed by atoms with E-state index in [1.165, 1.54) is 17.6 Å². The van der Waals surface area contributed by atoms with Crippen LogP contribution < -0.4 is 11.1 Å². The van der Waals surface area contributed by atoms with Gasteiger partial charge in [-0.25, -0.2) is 4.79 Å². The Hall–Kier alpha value is -2.34. The highest BCUT2D eigenvalue weighted by Crippen LogP contribution is 2.28. The number of nitrogens with zero attached hydrogens (tertiary/aromatic N) is 2. The molecule has 3 N–H and O–H groups in total. The zero-order valence-electron chi connectivity index (χ0n) is 20.0. The van der Waals surface area contributed by atoms with E-state index in [9.17, 15) is 4.79 Å². The summed E-state index contributed by atoms with van der Waals surface area (Å²) in [7, 11) is 0. The number of amides is 1. The van der Waals surface area contributed by atoms with Gasteiger partial charge in [-0.15, -0.1) is 0 Å². The minimum Gasteiger partial charge on any atom is -0.444 e. The van der Waals surface area contributed by atoms with Gasteiger partial charge < -0.3 is 15.8 Å². The van der Waals surface area contributed by atoms with Gasteiger partial charge in [0.1, 0.15) is 5.60 Å². The van der Waals surface area contributed by atoms with Crippen LogP contribution in [0.3, 0.4) is 0 Å². The second-order valence-corrected chi connectivity index (χ2v) is 10.2. The van der Waals surface area contributed by atoms with E-state index in [-0.39, 0.29) is 12.1 Å². The van der Waals surface area contributed by atoms with Crippen LogP contribution in [-0.4, -0.2) is 48.5 Å². The number of benzene rings is 1. The van der Waals surface area contributed by atoms with Gasteiger partial charge in [-0.2, -0.15) is 0 Å². The van der Waals surface area contributed by atoms with Gasteiger partial charge in [0, 0.05) is 31.0 Å². The molecule has 2 aliphatic rings. The number of alkyl carbamates (subject to hydrolysis) is 1. The Morgan fingerprint density at radius 1 is 1.22 bits per heavy atom. The highest BCUT2D eigenvalue weighted by Gasteiger charge is 2.25. The zero-order chi connectivity index (χ0) is 23.0. The molecular formula is C26H40N4O2. The van der Waals surface area contributed by atoms with Crippen molar-refractivity contribution in [1.82, 2.24) is 10.2 Å². The molecule has 1 heterocycles. The summed E-state index contributed by atoms with van der Waals surface area (Å²) in [6, 6.07) is 10.5. The Bertz CT molecular complexity index is 790. The van der Waals surface area contributed by atoms with Gasteiger partial charge in [-0.05, 0) is 82.9 Å². The van der Waals surface area contributed by atoms with Crippen molar-refractivity contribution in [1.29, 1.82) is 0 Å². The third-order valence-electron chi connectivity index (χ3n) is 6.29. The Morgan fingerprint density at radius 3 is 2.59 bits per heavy atom. The molecule has 0 spiro atoms. The lowest BCUT2D eigenvalue weighted by molar-refractivity contribution is 0.0486. The minimum absolute atomic E-state index is 0.243. The molecule has 1 aliphatic heterocycles. The lowest BCUT2D eigenvalue weighted by Crippen LogP contribution is -2.41. The molecule has 0 radical (unpaired) electrons. The highest BCUT2D eigenvalue weighted by molar-refractivity contribution is 5.79. The first-order chi connectivity index (χ1) is 15.3. The molecule has 0 saturated heterocycles. The van der Waals surface area contributed by atoms with Crippen molar-refractivity contribution in [3.05, 3.63) is 47.2 Å². The summed E-state index contributed by atoms with van der Waals surface area (Å²) in [4.78, 5) is 19.0. The molecule has 0 atom stereocenters. The number of nitrogens with one attached hydrogen (secondary N) is 1. The van der Waals surface area contributed by atoms with Gasteiger partial charge in [-0.1, -0.05) is 30.3 Å². The number of ether oxygens (including phenoxy) is 1. The molecule has 176 valence electrons. The molecule has 3 rings (SSSR count). The van der Waals surface area contributed by atoms with E-state index in [0.717, 1.165) is 63.4 Å². The maximum atomic E-state index is 12.0. The van der Waals surface area contributed by atoms with Gasteiger partial charge >= 0.3 is 6.09 Å². The molecule has 1 aromatic rings. The molecular weight excluding hydrogens is 400 g/mol. The van der Waals surface area contributed by atoms with Crippen molar-refractivity contribution in [3.63, 3.8) is 0 Å². The van der Waals surface area contributed by atoms with E-state index in [4.69, 9.17) is 10.5 Å². The highest BCUT2D eigenvalue weighted by atomic mass is 16.6. The first-order valence-electron chi connectivity index (χ1n) is 12.0. The van der Waals surface area contributed by atoms with Gasteiger partial charge in [-0.3, -0.25) is 9.89 Å². The third kappa shape index (κ3) is 8.30. The van der Waals surface area contributed by atoms with E-state index in [2.05, 4.69) is 27.3 Å². The van der Waals surface area contributed by atoms with Crippen molar-refractivity contribution in [2.45, 2.75) is 77.5 Å². The summed E-state index contributed by atoms with van der Waals surface area (Å²) in [5.41, 5.74) is 9.28. The normalized spacial score (nSPS) is 22.8. The fourth-order valence-corrected chi connectivity index (χ4v) is 4.48. The first-order valence-corrected chi connectivity index (χ1v) is 12.0. The Morgan fingerprint density at radius 2 is 1.94 bits per heavy atom. The summed E-state index contributed by atoms with van der Waals surface area (Å²) < 4.78 is 5.38. The predicted octanol–water partition coefficient (Wildman–Crippen LogP) is 4.65. The first kappa shape index (κ1) is 24.3. The lowest BCUT2D eigenvalue weighted by atomic mass is 9.84. The van der Waals surface area contributed by atoms with Crippen LogP contribution in [0.15, 0.2) is 46.6 Å². The van der Waals surface area contributed by atoms with E-state index in [1.807, 2.05) is 45.2 Å². The second-order valence-electron chi connectivity index (χ2n) is 10.2. The Labute approximate surface area is 193 Å². The van der Waals surface area contributed by atoms with Gasteiger partial charge in [0.15, 0.2) is 0 Å². The fourth-order valence-electron chi connectivity index (χ4n) is 4.48. The van der Waals surface area contributed by atoms with Crippen molar-refractivity contribution in [3.8, 4) is 0 Å². The minimum atomic E-state index is -0.445. The largest absolute Gasteiger partial charge is 0.444 e. The van der Waals surface area contributed by atoms with Crippen LogP contribution in [0.1, 0.15) is 64.9 Å². The monoisotopic (exact) mass is 440 g/mol. The molecule has 6 nitrogen and oxygen atoms in total. The molecule has 0 unspecified atom stereocenters. The maximum Gasteiger partial charge on any atom is 0.407 e. The van der Waals surface area contributed by atoms with Crippen molar-refractivity contribution < 1.29 is 9.53 Å². The van der Waals surface area contributed by atoms with E-state index < -0.39 is 5.60 Å². The molecule has 1 fully saturated rings. The van der Waals surface area contributed by atoms with E-state index in [0.29, 0.717) is 6.54 Å². The number of aliphatic imine (C=N–C) groups is 1. The SMILES string of the molecule is CC(C)(C)OC(=O)NC1CCC(CCN2CCC(C=NCc3ccccc3)=C(N)C2)CC1. The number of nitrogens with two attached hydrogens (primary N) is 1. The van der Waals surface area contributed by atoms with Crippen LogP contribution in [0, 0.1) is 5.92 Å². The van der Waals surface area contributed by atoms with Gasteiger partial charge in [0.25, 0.3) is 0 Å². The standard InChI is InChI=1S/C26H40N4O2/c1-26(2,3)32-25(31)29-23-11-9-20(10-12-23)13-15-30-16-14-22(24(27)19-30)18-28-17-21-7-5-4-6-8-21/h4-8,18,20,23H,9-17,19,27H2,1-3H3,(H,29,31). The molecule has 1 amide bonds. The summed E-state index contributed by atoms with van der Waals surface area (Å²) in [5.74, 6) is 0.728. The van der Waals surface area contributed by atoms with E-state index >= 15 is 0 Å². The Balaban J connectivity index is 1.34. The van der Waals surface area contributed by atoms with E-state index in [1.54, 1.807) is 0 Å². The quantitative estimate of drug-likeness (QED) is 0.605. The number of rotatable bonds is 7. The number of hydrogen-bond acceptors (Lipinski definition) is 5. The number of carbonyl (C=O) groups is 1. The molecule has 1 saturated carbocycles. The fraction of sp³-hybridized carbons (Fsp3) is 0.615. The molecule has 0 aromatic heterocycles. The van der Waals surface area contributed by atoms with Crippen LogP contribution in [-0.2, 0) is 11.3 Å². The van der Waals surface area contributed by atoms with Crippen LogP contribution >= 0.6 is 0 Å². The summed E-state index contributed by atoms with van der Waals surface area (Å²) in [6.45, 7) is 9.35. The molecule has 1 aromatic carbocycles. The number of carbonyl (C=O) groups excluding carboxylic acids is 1. The maximum absolute atomic E-state index is 12.0. The van der Waals surface area contributed by atoms with Crippen molar-refractivity contribution in [2.75, 3.05) is 19.6 Å². The molecule has 6 heteroatoms. The smallest absolute Gasteiger partial charge is 0.407 e. The topological polar surface area (TPSA) is 80.0 Å². The number of hydrogen-bond donors (Lipinski definition) is 2. The van der Waals surface area contributed by atoms with Crippen LogP contribution in [0.4, 0.5) is 4.79 Å². The van der Waals surface area contributed by atoms with Crippen LogP contribution in [0.5, 0.6) is 0 Å². The lowest BCUT2D eigenvalue weighted by Gasteiger charge is -2.33. The average Bonchev–Trinajstić information content (AvgIpc) is 2.74. The van der Waals surface area contributed by atoms with Gasteiger partial charge in [0.2, 0.25) is 0 Å². The Kier molecular flexibility index (Phi) is 8.74. The summed E-state index contributed by atoms with van der Waals surface area (Å²) in [6.07, 6.45) is 8.24. The predicted molar refractivity (Wildman–Crippen MR) is 131 cm³/mol. The summed E-state index contributed by atoms with van der Waals surface area (Å²) in [5, 5.41) is 3.03. The van der Waals surface area contributed by atoms with Crippen LogP contribution in [0.2, 0.25) is 0 Å². The van der Waals surface area contributed by atoms with Crippen molar-refractivity contribution >= 4 is 12.3 Å². The zero-order valence-corrected chi connectivity index (χ0v) is 20.0. The third-order valence-corrected chi connectivity index (χ3v) is 6.29. The molecule has 1 aliphatic carbocycles. The summed E-state index contributed by atoms with van der Waals surface area (Å²) >= 11 is 0. The molecule has 32 heavy (non-hydrogen) atoms. The second kappa shape index (κ2) is 11.5. The van der Waals surface area contributed by atoms with Gasteiger partial charge in [0.05, 0.1) is 6.54 Å². The van der Waals surface area contributed by atoms with Crippen molar-refractivity contribution in [2.24, 2.45) is 16.6 Å².